The molecular weight excluding hydrogens is 297 g/mol. The van der Waals surface area contributed by atoms with Crippen molar-refractivity contribution in [3.8, 4) is 5.75 Å². The van der Waals surface area contributed by atoms with Crippen LogP contribution < -0.4 is 4.74 Å². The predicted octanol–water partition coefficient (Wildman–Crippen LogP) is 3.84. The molecule has 1 aliphatic heterocycles. The third-order valence-electron chi connectivity index (χ3n) is 3.43. The van der Waals surface area contributed by atoms with Gasteiger partial charge in [-0.2, -0.15) is 0 Å². The van der Waals surface area contributed by atoms with Crippen LogP contribution in [-0.2, 0) is 0 Å². The van der Waals surface area contributed by atoms with Crippen molar-refractivity contribution in [3.63, 3.8) is 0 Å². The molecule has 0 amide bonds. The summed E-state index contributed by atoms with van der Waals surface area (Å²) in [5.74, 6) is 0.0339. The van der Waals surface area contributed by atoms with Crippen molar-refractivity contribution in [2.24, 2.45) is 0 Å². The van der Waals surface area contributed by atoms with E-state index >= 15 is 0 Å². The molecule has 0 aliphatic carbocycles. The van der Waals surface area contributed by atoms with Crippen LogP contribution in [0.15, 0.2) is 22.7 Å². The Labute approximate surface area is 116 Å². The van der Waals surface area contributed by atoms with Gasteiger partial charge in [0.2, 0.25) is 0 Å². The highest BCUT2D eigenvalue weighted by Gasteiger charge is 2.19. The lowest BCUT2D eigenvalue weighted by Gasteiger charge is -2.20. The Morgan fingerprint density at radius 3 is 3.00 bits per heavy atom. The first-order chi connectivity index (χ1) is 8.66. The lowest BCUT2D eigenvalue weighted by Crippen LogP contribution is -2.28. The van der Waals surface area contributed by atoms with Gasteiger partial charge in [-0.15, -0.1) is 0 Å². The Morgan fingerprint density at radius 1 is 1.50 bits per heavy atom. The molecule has 2 nitrogen and oxygen atoms in total. The second-order valence-electron chi connectivity index (χ2n) is 4.80. The average molecular weight is 316 g/mol. The molecule has 18 heavy (non-hydrogen) atoms. The van der Waals surface area contributed by atoms with E-state index in [1.165, 1.54) is 25.5 Å². The largest absolute Gasteiger partial charge is 0.490 e. The second-order valence-corrected chi connectivity index (χ2v) is 5.72. The van der Waals surface area contributed by atoms with Gasteiger partial charge in [-0.3, -0.25) is 0 Å². The molecule has 1 aromatic rings. The van der Waals surface area contributed by atoms with E-state index in [0.717, 1.165) is 17.4 Å². The van der Waals surface area contributed by atoms with Gasteiger partial charge in [0.1, 0.15) is 0 Å². The van der Waals surface area contributed by atoms with Gasteiger partial charge in [0, 0.05) is 17.1 Å². The Bertz CT molecular complexity index is 399. The van der Waals surface area contributed by atoms with Gasteiger partial charge in [0.25, 0.3) is 0 Å². The van der Waals surface area contributed by atoms with Crippen LogP contribution in [0.1, 0.15) is 26.2 Å². The fourth-order valence-corrected chi connectivity index (χ4v) is 2.70. The number of halogens is 2. The summed E-state index contributed by atoms with van der Waals surface area (Å²) in [5, 5.41) is 0. The summed E-state index contributed by atoms with van der Waals surface area (Å²) in [7, 11) is 0. The summed E-state index contributed by atoms with van der Waals surface area (Å²) < 4.78 is 19.7. The van der Waals surface area contributed by atoms with Crippen molar-refractivity contribution in [3.05, 3.63) is 28.5 Å². The number of benzene rings is 1. The summed E-state index contributed by atoms with van der Waals surface area (Å²) in [4.78, 5) is 2.47. The molecule has 1 fully saturated rings. The standard InChI is InChI=1S/C14H19BrFNO/c1-11-4-2-7-17(11)8-3-9-18-14-6-5-12(15)10-13(14)16/h5-6,10-11H,2-4,7-9H2,1H3/t11-/m1/s1. The molecule has 0 unspecified atom stereocenters. The van der Waals surface area contributed by atoms with E-state index in [1.54, 1.807) is 12.1 Å². The maximum atomic E-state index is 13.5. The maximum absolute atomic E-state index is 13.5. The minimum absolute atomic E-state index is 0.307. The summed E-state index contributed by atoms with van der Waals surface area (Å²) in [6, 6.07) is 5.57. The van der Waals surface area contributed by atoms with E-state index in [0.29, 0.717) is 18.4 Å². The van der Waals surface area contributed by atoms with Crippen molar-refractivity contribution in [1.82, 2.24) is 4.90 Å². The molecule has 2 rings (SSSR count). The Hall–Kier alpha value is -0.610. The van der Waals surface area contributed by atoms with Crippen molar-refractivity contribution in [1.29, 1.82) is 0 Å². The number of ether oxygens (including phenoxy) is 1. The number of hydrogen-bond donors (Lipinski definition) is 0. The van der Waals surface area contributed by atoms with Crippen LogP contribution in [0.25, 0.3) is 0 Å². The van der Waals surface area contributed by atoms with Crippen LogP contribution in [0.3, 0.4) is 0 Å². The zero-order valence-corrected chi connectivity index (χ0v) is 12.2. The van der Waals surface area contributed by atoms with Crippen molar-refractivity contribution in [2.45, 2.75) is 32.2 Å². The third-order valence-corrected chi connectivity index (χ3v) is 3.92. The molecule has 4 heteroatoms. The van der Waals surface area contributed by atoms with E-state index in [-0.39, 0.29) is 5.82 Å². The van der Waals surface area contributed by atoms with Gasteiger partial charge in [-0.05, 0) is 50.9 Å². The van der Waals surface area contributed by atoms with Crippen LogP contribution in [0.5, 0.6) is 5.75 Å². The smallest absolute Gasteiger partial charge is 0.166 e. The molecule has 1 heterocycles. The van der Waals surface area contributed by atoms with E-state index < -0.39 is 0 Å². The fraction of sp³-hybridized carbons (Fsp3) is 0.571. The fourth-order valence-electron chi connectivity index (χ4n) is 2.37. The van der Waals surface area contributed by atoms with E-state index in [4.69, 9.17) is 4.74 Å². The monoisotopic (exact) mass is 315 g/mol. The van der Waals surface area contributed by atoms with Gasteiger partial charge < -0.3 is 9.64 Å². The first kappa shape index (κ1) is 13.8. The molecule has 100 valence electrons. The first-order valence-corrected chi connectivity index (χ1v) is 7.28. The Morgan fingerprint density at radius 2 is 2.33 bits per heavy atom. The van der Waals surface area contributed by atoms with Gasteiger partial charge in [-0.25, -0.2) is 4.39 Å². The van der Waals surface area contributed by atoms with Crippen molar-refractivity contribution >= 4 is 15.9 Å². The molecule has 0 radical (unpaired) electrons. The van der Waals surface area contributed by atoms with Gasteiger partial charge in [0.05, 0.1) is 6.61 Å². The lowest BCUT2D eigenvalue weighted by atomic mass is 10.2. The Balaban J connectivity index is 1.72. The van der Waals surface area contributed by atoms with Crippen LogP contribution in [0, 0.1) is 5.82 Å². The van der Waals surface area contributed by atoms with Crippen LogP contribution >= 0.6 is 15.9 Å². The summed E-state index contributed by atoms with van der Waals surface area (Å²) in [5.41, 5.74) is 0. The molecule has 0 spiro atoms. The number of rotatable bonds is 5. The number of likely N-dealkylation sites (tertiary alicyclic amines) is 1. The summed E-state index contributed by atoms with van der Waals surface area (Å²) in [6.45, 7) is 5.07. The zero-order chi connectivity index (χ0) is 13.0. The quantitative estimate of drug-likeness (QED) is 0.765. The number of hydrogen-bond acceptors (Lipinski definition) is 2. The van der Waals surface area contributed by atoms with Crippen LogP contribution in [-0.4, -0.2) is 30.6 Å². The van der Waals surface area contributed by atoms with Gasteiger partial charge in [-0.1, -0.05) is 15.9 Å². The molecule has 1 aliphatic rings. The first-order valence-electron chi connectivity index (χ1n) is 6.49. The minimum Gasteiger partial charge on any atom is -0.490 e. The highest BCUT2D eigenvalue weighted by atomic mass is 79.9. The highest BCUT2D eigenvalue weighted by molar-refractivity contribution is 9.10. The van der Waals surface area contributed by atoms with E-state index in [1.807, 2.05) is 0 Å². The predicted molar refractivity (Wildman–Crippen MR) is 74.5 cm³/mol. The van der Waals surface area contributed by atoms with Gasteiger partial charge >= 0.3 is 0 Å². The molecule has 1 atom stereocenters. The molecule has 1 saturated heterocycles. The van der Waals surface area contributed by atoms with Gasteiger partial charge in [0.15, 0.2) is 11.6 Å². The second kappa shape index (κ2) is 6.53. The van der Waals surface area contributed by atoms with E-state index in [2.05, 4.69) is 27.8 Å². The van der Waals surface area contributed by atoms with Crippen LogP contribution in [0.2, 0.25) is 0 Å². The van der Waals surface area contributed by atoms with Crippen molar-refractivity contribution < 1.29 is 9.13 Å². The topological polar surface area (TPSA) is 12.5 Å². The highest BCUT2D eigenvalue weighted by Crippen LogP contribution is 2.22. The van der Waals surface area contributed by atoms with Crippen LogP contribution in [0.4, 0.5) is 4.39 Å². The molecule has 0 aromatic heterocycles. The molecule has 0 N–H and O–H groups in total. The molecule has 1 aromatic carbocycles. The average Bonchev–Trinajstić information content (AvgIpc) is 2.73. The third kappa shape index (κ3) is 3.69. The SMILES string of the molecule is C[C@@H]1CCCN1CCCOc1ccc(Br)cc1F. The van der Waals surface area contributed by atoms with Crippen molar-refractivity contribution in [2.75, 3.05) is 19.7 Å². The number of nitrogens with zero attached hydrogens (tertiary/aromatic N) is 1. The lowest BCUT2D eigenvalue weighted by molar-refractivity contribution is 0.226. The molecule has 0 saturated carbocycles. The summed E-state index contributed by atoms with van der Waals surface area (Å²) in [6.07, 6.45) is 3.53. The molecule has 0 bridgehead atoms. The minimum atomic E-state index is -0.307. The Kier molecular flexibility index (Phi) is 5.01. The summed E-state index contributed by atoms with van der Waals surface area (Å²) >= 11 is 3.23. The normalized spacial score (nSPS) is 20.3. The van der Waals surface area contributed by atoms with E-state index in [9.17, 15) is 4.39 Å². The zero-order valence-electron chi connectivity index (χ0n) is 10.7. The molecular formula is C14H19BrFNO. The maximum Gasteiger partial charge on any atom is 0.166 e.